The zero-order valence-electron chi connectivity index (χ0n) is 16.3. The summed E-state index contributed by atoms with van der Waals surface area (Å²) in [5.74, 6) is 0.163. The van der Waals surface area contributed by atoms with Gasteiger partial charge in [0.05, 0.1) is 12.1 Å². The summed E-state index contributed by atoms with van der Waals surface area (Å²) in [6.45, 7) is 3.86. The number of piperidine rings is 1. The maximum Gasteiger partial charge on any atom is 0.259 e. The van der Waals surface area contributed by atoms with Crippen LogP contribution in [0, 0.1) is 0 Å². The Bertz CT molecular complexity index is 824. The fraction of sp³-hybridized carbons (Fsp3) is 0.458. The first-order valence-electron chi connectivity index (χ1n) is 10.5. The van der Waals surface area contributed by atoms with Crippen molar-refractivity contribution < 1.29 is 9.53 Å². The van der Waals surface area contributed by atoms with Gasteiger partial charge in [-0.15, -0.1) is 0 Å². The Morgan fingerprint density at radius 2 is 1.50 bits per heavy atom. The Kier molecular flexibility index (Phi) is 4.48. The molecular formula is C24H28N2O2. The molecular weight excluding hydrogens is 348 g/mol. The van der Waals surface area contributed by atoms with Gasteiger partial charge in [0, 0.05) is 25.3 Å². The zero-order valence-corrected chi connectivity index (χ0v) is 16.3. The maximum atomic E-state index is 13.1. The number of likely N-dealkylation sites (tertiary alicyclic amines) is 1. The smallest absolute Gasteiger partial charge is 0.259 e. The molecule has 3 fully saturated rings. The number of benzene rings is 2. The summed E-state index contributed by atoms with van der Waals surface area (Å²) in [6.07, 6.45) is 4.83. The number of anilines is 1. The molecule has 0 radical (unpaired) electrons. The summed E-state index contributed by atoms with van der Waals surface area (Å²) in [4.78, 5) is 17.6. The molecule has 0 unspecified atom stereocenters. The van der Waals surface area contributed by atoms with E-state index in [2.05, 4.69) is 35.2 Å². The molecule has 2 aliphatic heterocycles. The molecule has 2 saturated heterocycles. The van der Waals surface area contributed by atoms with Crippen LogP contribution in [0.1, 0.15) is 31.2 Å². The second-order valence-corrected chi connectivity index (χ2v) is 8.58. The molecule has 5 rings (SSSR count). The molecule has 0 N–H and O–H groups in total. The van der Waals surface area contributed by atoms with E-state index in [0.717, 1.165) is 57.4 Å². The highest BCUT2D eigenvalue weighted by Crippen LogP contribution is 2.50. The summed E-state index contributed by atoms with van der Waals surface area (Å²) in [5.41, 5.74) is 1.67. The molecule has 3 aliphatic rings. The van der Waals surface area contributed by atoms with Gasteiger partial charge in [0.2, 0.25) is 0 Å². The minimum Gasteiger partial charge on any atom is -0.357 e. The van der Waals surface area contributed by atoms with E-state index in [1.54, 1.807) is 0 Å². The molecule has 1 aliphatic carbocycles. The molecule has 146 valence electrons. The number of hydrogen-bond donors (Lipinski definition) is 0. The number of para-hydroxylation sites is 1. The second-order valence-electron chi connectivity index (χ2n) is 8.58. The zero-order chi connectivity index (χ0) is 19.0. The molecule has 2 aromatic carbocycles. The Hall–Kier alpha value is -2.17. The van der Waals surface area contributed by atoms with Crippen molar-refractivity contribution in [2.24, 2.45) is 0 Å². The van der Waals surface area contributed by atoms with E-state index >= 15 is 0 Å². The molecule has 0 aromatic heterocycles. The van der Waals surface area contributed by atoms with Gasteiger partial charge >= 0.3 is 0 Å². The fourth-order valence-electron chi connectivity index (χ4n) is 4.72. The van der Waals surface area contributed by atoms with Gasteiger partial charge < -0.3 is 14.5 Å². The number of hydrogen-bond acceptors (Lipinski definition) is 3. The fourth-order valence-corrected chi connectivity index (χ4v) is 4.72. The number of amides is 1. The molecule has 1 amide bonds. The van der Waals surface area contributed by atoms with E-state index in [1.807, 2.05) is 35.2 Å². The average molecular weight is 377 g/mol. The van der Waals surface area contributed by atoms with Crippen LogP contribution in [-0.2, 0) is 16.0 Å². The summed E-state index contributed by atoms with van der Waals surface area (Å²) < 4.78 is 6.57. The van der Waals surface area contributed by atoms with E-state index in [9.17, 15) is 4.79 Å². The van der Waals surface area contributed by atoms with Crippen molar-refractivity contribution in [2.45, 2.75) is 43.3 Å². The van der Waals surface area contributed by atoms with Gasteiger partial charge in [-0.2, -0.15) is 0 Å². The summed E-state index contributed by atoms with van der Waals surface area (Å²) >= 11 is 0. The van der Waals surface area contributed by atoms with Crippen molar-refractivity contribution >= 4 is 11.6 Å². The summed E-state index contributed by atoms with van der Waals surface area (Å²) in [7, 11) is 0. The topological polar surface area (TPSA) is 32.8 Å². The molecule has 4 nitrogen and oxygen atoms in total. The lowest BCUT2D eigenvalue weighted by Crippen LogP contribution is -2.63. The third kappa shape index (κ3) is 3.36. The van der Waals surface area contributed by atoms with Crippen molar-refractivity contribution in [3.05, 3.63) is 66.2 Å². The van der Waals surface area contributed by atoms with E-state index in [0.29, 0.717) is 6.54 Å². The van der Waals surface area contributed by atoms with Crippen LogP contribution in [0.25, 0.3) is 0 Å². The van der Waals surface area contributed by atoms with E-state index in [1.165, 1.54) is 5.56 Å². The monoisotopic (exact) mass is 376 g/mol. The quantitative estimate of drug-likeness (QED) is 0.816. The van der Waals surface area contributed by atoms with Gasteiger partial charge in [0.1, 0.15) is 5.60 Å². The molecule has 1 saturated carbocycles. The lowest BCUT2D eigenvalue weighted by molar-refractivity contribution is -0.172. The highest BCUT2D eigenvalue weighted by Gasteiger charge is 2.62. The van der Waals surface area contributed by atoms with Crippen molar-refractivity contribution in [1.29, 1.82) is 0 Å². The predicted octanol–water partition coefficient (Wildman–Crippen LogP) is 3.66. The number of carbonyl (C=O) groups is 1. The van der Waals surface area contributed by atoms with Crippen molar-refractivity contribution in [1.82, 2.24) is 4.90 Å². The molecule has 2 heterocycles. The highest BCUT2D eigenvalue weighted by atomic mass is 16.5. The molecule has 0 atom stereocenters. The van der Waals surface area contributed by atoms with Crippen LogP contribution in [-0.4, -0.2) is 48.2 Å². The first-order valence-corrected chi connectivity index (χ1v) is 10.5. The molecule has 28 heavy (non-hydrogen) atoms. The van der Waals surface area contributed by atoms with Gasteiger partial charge in [-0.05, 0) is 49.8 Å². The minimum atomic E-state index is -0.541. The maximum absolute atomic E-state index is 13.1. The van der Waals surface area contributed by atoms with Crippen molar-refractivity contribution in [3.8, 4) is 0 Å². The van der Waals surface area contributed by atoms with Gasteiger partial charge in [0.15, 0.2) is 0 Å². The van der Waals surface area contributed by atoms with Crippen molar-refractivity contribution in [3.63, 3.8) is 0 Å². The molecule has 2 spiro atoms. The number of morpholine rings is 1. The van der Waals surface area contributed by atoms with Crippen LogP contribution in [0.15, 0.2) is 60.7 Å². The highest BCUT2D eigenvalue weighted by molar-refractivity contribution is 6.02. The number of nitrogens with zero attached hydrogens (tertiary/aromatic N) is 2. The Morgan fingerprint density at radius 1 is 0.857 bits per heavy atom. The van der Waals surface area contributed by atoms with Gasteiger partial charge in [0.25, 0.3) is 5.91 Å². The largest absolute Gasteiger partial charge is 0.357 e. The second kappa shape index (κ2) is 7.02. The third-order valence-electron chi connectivity index (χ3n) is 6.59. The van der Waals surface area contributed by atoms with Crippen LogP contribution in [0.4, 0.5) is 5.69 Å². The Morgan fingerprint density at radius 3 is 2.14 bits per heavy atom. The molecule has 0 bridgehead atoms. The van der Waals surface area contributed by atoms with Crippen LogP contribution in [0.5, 0.6) is 0 Å². The Labute approximate surface area is 167 Å². The van der Waals surface area contributed by atoms with Gasteiger partial charge in [-0.3, -0.25) is 4.79 Å². The Balaban J connectivity index is 1.26. The van der Waals surface area contributed by atoms with E-state index in [-0.39, 0.29) is 11.5 Å². The first-order chi connectivity index (χ1) is 13.7. The molecule has 4 heteroatoms. The lowest BCUT2D eigenvalue weighted by Gasteiger charge is -2.50. The van der Waals surface area contributed by atoms with Crippen LogP contribution < -0.4 is 4.90 Å². The molecule has 2 aromatic rings. The first kappa shape index (κ1) is 17.9. The van der Waals surface area contributed by atoms with Crippen LogP contribution in [0.2, 0.25) is 0 Å². The number of ether oxygens (including phenoxy) is 1. The van der Waals surface area contributed by atoms with Crippen molar-refractivity contribution in [2.75, 3.05) is 31.1 Å². The number of rotatable bonds is 4. The number of carbonyl (C=O) groups excluding carboxylic acids is 1. The van der Waals surface area contributed by atoms with Gasteiger partial charge in [-0.1, -0.05) is 48.5 Å². The van der Waals surface area contributed by atoms with Crippen LogP contribution >= 0.6 is 0 Å². The lowest BCUT2D eigenvalue weighted by atomic mass is 9.87. The minimum absolute atomic E-state index is 0.163. The third-order valence-corrected chi connectivity index (χ3v) is 6.59. The van der Waals surface area contributed by atoms with E-state index in [4.69, 9.17) is 4.74 Å². The normalized spacial score (nSPS) is 23.3. The summed E-state index contributed by atoms with van der Waals surface area (Å²) in [6, 6.07) is 20.8. The van der Waals surface area contributed by atoms with E-state index < -0.39 is 5.60 Å². The standard InChI is InChI=1S/C24H28N2O2/c27-22-24(12-13-24)28-23(19-26(22)21-9-5-2-6-10-21)14-17-25(18-15-23)16-11-20-7-3-1-4-8-20/h1-10H,11-19H2. The predicted molar refractivity (Wildman–Crippen MR) is 110 cm³/mol. The summed E-state index contributed by atoms with van der Waals surface area (Å²) in [5, 5.41) is 0. The van der Waals surface area contributed by atoms with Crippen LogP contribution in [0.3, 0.4) is 0 Å². The van der Waals surface area contributed by atoms with Gasteiger partial charge in [-0.25, -0.2) is 0 Å². The average Bonchev–Trinajstić information content (AvgIpc) is 3.52. The SMILES string of the molecule is O=C1N(c2ccccc2)CC2(CCN(CCc3ccccc3)CC2)OC12CC2.